The van der Waals surface area contributed by atoms with Crippen molar-refractivity contribution < 1.29 is 35.1 Å². The van der Waals surface area contributed by atoms with Gasteiger partial charge in [-0.25, -0.2) is 0 Å². The van der Waals surface area contributed by atoms with Crippen LogP contribution in [0.5, 0.6) is 0 Å². The Morgan fingerprint density at radius 2 is 1.54 bits per heavy atom. The van der Waals surface area contributed by atoms with Gasteiger partial charge in [-0.2, -0.15) is 0 Å². The molecule has 0 heterocycles. The lowest BCUT2D eigenvalue weighted by Crippen LogP contribution is -2.68. The van der Waals surface area contributed by atoms with E-state index in [-0.39, 0.29) is 40.6 Å². The highest BCUT2D eigenvalue weighted by Gasteiger charge is 2.71. The van der Waals surface area contributed by atoms with E-state index >= 15 is 0 Å². The second kappa shape index (κ2) is 8.04. The summed E-state index contributed by atoms with van der Waals surface area (Å²) in [4.78, 5) is 25.1. The van der Waals surface area contributed by atoms with Crippen molar-refractivity contribution in [3.05, 3.63) is 11.6 Å². The van der Waals surface area contributed by atoms with E-state index in [0.717, 1.165) is 31.3 Å². The zero-order valence-corrected chi connectivity index (χ0v) is 23.1. The zero-order valence-electron chi connectivity index (χ0n) is 23.1. The van der Waals surface area contributed by atoms with Gasteiger partial charge in [-0.15, -0.1) is 0 Å². The number of carbonyl (C=O) groups is 2. The molecular weight excluding hydrogens is 472 g/mol. The van der Waals surface area contributed by atoms with Crippen LogP contribution in [0.2, 0.25) is 0 Å². The molecule has 0 aromatic carbocycles. The maximum atomic E-state index is 12.8. The molecule has 5 aliphatic carbocycles. The highest BCUT2D eigenvalue weighted by molar-refractivity contribution is 5.79. The Morgan fingerprint density at radius 3 is 2.14 bits per heavy atom. The van der Waals surface area contributed by atoms with Gasteiger partial charge in [0.2, 0.25) is 0 Å². The Kier molecular flexibility index (Phi) is 5.90. The molecule has 5 rings (SSSR count). The van der Waals surface area contributed by atoms with Crippen molar-refractivity contribution in [2.75, 3.05) is 6.61 Å². The number of carboxylic acids is 2. The first-order chi connectivity index (χ1) is 17.1. The Labute approximate surface area is 220 Å². The Balaban J connectivity index is 1.61. The molecule has 4 saturated carbocycles. The first kappa shape index (κ1) is 27.1. The summed E-state index contributed by atoms with van der Waals surface area (Å²) in [5.74, 6) is -1.67. The topological polar surface area (TPSA) is 135 Å². The average Bonchev–Trinajstić information content (AvgIpc) is 2.82. The minimum atomic E-state index is -0.966. The van der Waals surface area contributed by atoms with E-state index in [0.29, 0.717) is 32.1 Å². The van der Waals surface area contributed by atoms with Gasteiger partial charge >= 0.3 is 11.9 Å². The quantitative estimate of drug-likeness (QED) is 0.353. The number of aliphatic carboxylic acids is 2. The summed E-state index contributed by atoms with van der Waals surface area (Å²) in [6, 6.07) is 0. The first-order valence-electron chi connectivity index (χ1n) is 14.2. The van der Waals surface area contributed by atoms with Crippen LogP contribution in [0, 0.1) is 50.2 Å². The van der Waals surface area contributed by atoms with Gasteiger partial charge in [-0.3, -0.25) is 9.59 Å². The summed E-state index contributed by atoms with van der Waals surface area (Å²) in [6.07, 6.45) is 5.76. The molecule has 0 aliphatic heterocycles. The molecule has 0 spiro atoms. The maximum absolute atomic E-state index is 12.8. The fraction of sp³-hybridized carbons (Fsp3) is 0.867. The van der Waals surface area contributed by atoms with Crippen molar-refractivity contribution in [2.24, 2.45) is 50.2 Å². The minimum Gasteiger partial charge on any atom is -0.481 e. The number of carboxylic acid groups (broad SMARTS) is 2. The SMILES string of the molecule is CC1(C(=O)O)CC[C@]2(C(=O)O)CC[C@]3(C)C(=CC[C@@H]4[C@@]5(C)C[C@H](O)[C@H](O)C(C)(CO)C5CC[C@]43C)[C@H]2C1. The van der Waals surface area contributed by atoms with Crippen LogP contribution >= 0.6 is 0 Å². The van der Waals surface area contributed by atoms with E-state index < -0.39 is 40.4 Å². The molecule has 0 saturated heterocycles. The van der Waals surface area contributed by atoms with Crippen LogP contribution < -0.4 is 0 Å². The van der Waals surface area contributed by atoms with Gasteiger partial charge in [0.1, 0.15) is 0 Å². The molecule has 11 atom stereocenters. The summed E-state index contributed by atoms with van der Waals surface area (Å²) in [5, 5.41) is 52.9. The van der Waals surface area contributed by atoms with Crippen molar-refractivity contribution in [3.8, 4) is 0 Å². The molecule has 0 aromatic heterocycles. The zero-order chi connectivity index (χ0) is 27.4. The van der Waals surface area contributed by atoms with Crippen LogP contribution in [-0.2, 0) is 9.59 Å². The van der Waals surface area contributed by atoms with Crippen LogP contribution in [0.15, 0.2) is 11.6 Å². The largest absolute Gasteiger partial charge is 0.481 e. The number of allylic oxidation sites excluding steroid dienone is 2. The molecule has 0 bridgehead atoms. The minimum absolute atomic E-state index is 0.0618. The predicted octanol–water partition coefficient (Wildman–Crippen LogP) is 4.24. The summed E-state index contributed by atoms with van der Waals surface area (Å²) in [5.41, 5.74) is -2.21. The third kappa shape index (κ3) is 3.17. The lowest BCUT2D eigenvalue weighted by atomic mass is 9.33. The number of hydrogen-bond acceptors (Lipinski definition) is 5. The molecule has 0 radical (unpaired) electrons. The van der Waals surface area contributed by atoms with Crippen LogP contribution in [-0.4, -0.2) is 56.3 Å². The van der Waals surface area contributed by atoms with Gasteiger partial charge in [0.05, 0.1) is 29.6 Å². The number of aliphatic hydroxyl groups is 3. The molecule has 208 valence electrons. The second-order valence-corrected chi connectivity index (χ2v) is 14.8. The van der Waals surface area contributed by atoms with E-state index in [1.807, 2.05) is 6.92 Å². The van der Waals surface area contributed by atoms with Crippen molar-refractivity contribution in [3.63, 3.8) is 0 Å². The third-order valence-electron chi connectivity index (χ3n) is 13.4. The molecule has 7 nitrogen and oxygen atoms in total. The molecular formula is C30H46O7. The van der Waals surface area contributed by atoms with Crippen molar-refractivity contribution in [1.29, 1.82) is 0 Å². The fourth-order valence-electron chi connectivity index (χ4n) is 10.8. The summed E-state index contributed by atoms with van der Waals surface area (Å²) < 4.78 is 0. The Bertz CT molecular complexity index is 1040. The molecule has 7 heteroatoms. The van der Waals surface area contributed by atoms with E-state index in [9.17, 15) is 35.1 Å². The summed E-state index contributed by atoms with van der Waals surface area (Å²) in [7, 11) is 0. The molecule has 5 N–H and O–H groups in total. The molecule has 0 aromatic rings. The van der Waals surface area contributed by atoms with Gasteiger partial charge in [0.25, 0.3) is 0 Å². The van der Waals surface area contributed by atoms with Crippen LogP contribution in [0.4, 0.5) is 0 Å². The van der Waals surface area contributed by atoms with E-state index in [1.165, 1.54) is 0 Å². The van der Waals surface area contributed by atoms with Crippen molar-refractivity contribution in [2.45, 2.75) is 105 Å². The second-order valence-electron chi connectivity index (χ2n) is 14.8. The number of hydrogen-bond donors (Lipinski definition) is 5. The molecule has 37 heavy (non-hydrogen) atoms. The Morgan fingerprint density at radius 1 is 0.892 bits per heavy atom. The number of rotatable bonds is 3. The molecule has 5 aliphatic rings. The van der Waals surface area contributed by atoms with Gasteiger partial charge in [-0.1, -0.05) is 39.3 Å². The molecule has 3 unspecified atom stereocenters. The van der Waals surface area contributed by atoms with Gasteiger partial charge < -0.3 is 25.5 Å². The monoisotopic (exact) mass is 518 g/mol. The Hall–Kier alpha value is -1.44. The smallest absolute Gasteiger partial charge is 0.310 e. The highest BCUT2D eigenvalue weighted by Crippen LogP contribution is 2.75. The number of aliphatic hydroxyl groups excluding tert-OH is 3. The van der Waals surface area contributed by atoms with Gasteiger partial charge in [-0.05, 0) is 98.7 Å². The normalized spacial score (nSPS) is 55.1. The lowest BCUT2D eigenvalue weighted by Gasteiger charge is -2.71. The molecule has 0 amide bonds. The van der Waals surface area contributed by atoms with Gasteiger partial charge in [0, 0.05) is 5.41 Å². The van der Waals surface area contributed by atoms with Crippen molar-refractivity contribution in [1.82, 2.24) is 0 Å². The predicted molar refractivity (Wildman–Crippen MR) is 137 cm³/mol. The maximum Gasteiger partial charge on any atom is 0.310 e. The lowest BCUT2D eigenvalue weighted by molar-refractivity contribution is -0.243. The van der Waals surface area contributed by atoms with Crippen LogP contribution in [0.25, 0.3) is 0 Å². The van der Waals surface area contributed by atoms with Crippen molar-refractivity contribution >= 4 is 11.9 Å². The summed E-state index contributed by atoms with van der Waals surface area (Å²) >= 11 is 0. The number of fused-ring (bicyclic) bond motifs is 7. The highest BCUT2D eigenvalue weighted by atomic mass is 16.4. The van der Waals surface area contributed by atoms with E-state index in [1.54, 1.807) is 6.92 Å². The standard InChI is InChI=1S/C30H46O7/c1-25(23(34)35)10-12-30(24(36)37)13-11-28(4)17(18(30)14-25)6-7-21-26(2)15-19(32)22(33)27(3,16-31)20(26)8-9-29(21,28)5/h6,18-22,31-33H,7-16H2,1-5H3,(H,34,35)(H,36,37)/t18-,19+,20?,21-,22+,25?,26+,27?,28-,29-,30+/m1/s1. The van der Waals surface area contributed by atoms with E-state index in [2.05, 4.69) is 26.8 Å². The van der Waals surface area contributed by atoms with E-state index in [4.69, 9.17) is 0 Å². The first-order valence-corrected chi connectivity index (χ1v) is 14.2. The molecule has 4 fully saturated rings. The van der Waals surface area contributed by atoms with Gasteiger partial charge in [0.15, 0.2) is 0 Å². The fourth-order valence-corrected chi connectivity index (χ4v) is 10.8. The third-order valence-corrected chi connectivity index (χ3v) is 13.4. The van der Waals surface area contributed by atoms with Crippen LogP contribution in [0.1, 0.15) is 92.4 Å². The van der Waals surface area contributed by atoms with Crippen LogP contribution in [0.3, 0.4) is 0 Å². The summed E-state index contributed by atoms with van der Waals surface area (Å²) in [6.45, 7) is 10.4. The average molecular weight is 519 g/mol.